The maximum absolute atomic E-state index is 14.1. The van der Waals surface area contributed by atoms with E-state index >= 15 is 0 Å². The number of primary amides is 1. The zero-order valence-electron chi connectivity index (χ0n) is 16.7. The Morgan fingerprint density at radius 2 is 2.03 bits per heavy atom. The third kappa shape index (κ3) is 5.78. The van der Waals surface area contributed by atoms with Crippen LogP contribution in [0.2, 0.25) is 0 Å². The minimum atomic E-state index is -4.50. The van der Waals surface area contributed by atoms with E-state index in [0.717, 1.165) is 16.8 Å². The Labute approximate surface area is 176 Å². The third-order valence-corrected chi connectivity index (χ3v) is 4.52. The van der Waals surface area contributed by atoms with Crippen LogP contribution in [0.4, 0.5) is 17.6 Å². The fourth-order valence-corrected chi connectivity index (χ4v) is 3.07. The second-order valence-electron chi connectivity index (χ2n) is 7.07. The molecule has 31 heavy (non-hydrogen) atoms. The predicted molar refractivity (Wildman–Crippen MR) is 109 cm³/mol. The first-order chi connectivity index (χ1) is 14.6. The molecular formula is C22H20F4N4O. The van der Waals surface area contributed by atoms with Crippen molar-refractivity contribution < 1.29 is 22.4 Å². The summed E-state index contributed by atoms with van der Waals surface area (Å²) < 4.78 is 54.6. The molecule has 0 atom stereocenters. The molecule has 0 fully saturated rings. The number of carbonyl (C=O) groups excluding carboxylic acids is 1. The molecule has 0 aliphatic heterocycles. The largest absolute Gasteiger partial charge is 0.416 e. The zero-order chi connectivity index (χ0) is 22.6. The summed E-state index contributed by atoms with van der Waals surface area (Å²) in [6, 6.07) is 3.51. The molecule has 5 nitrogen and oxygen atoms in total. The molecule has 1 aromatic heterocycles. The lowest BCUT2D eigenvalue weighted by Gasteiger charge is -2.09. The van der Waals surface area contributed by atoms with Crippen molar-refractivity contribution in [1.29, 1.82) is 0 Å². The van der Waals surface area contributed by atoms with Gasteiger partial charge in [0, 0.05) is 11.8 Å². The second-order valence-corrected chi connectivity index (χ2v) is 7.07. The van der Waals surface area contributed by atoms with Crippen LogP contribution in [0.1, 0.15) is 30.4 Å². The minimum absolute atomic E-state index is 0.0154. The van der Waals surface area contributed by atoms with Crippen molar-refractivity contribution in [3.8, 4) is 11.4 Å². The van der Waals surface area contributed by atoms with Crippen molar-refractivity contribution in [2.75, 3.05) is 0 Å². The fraction of sp³-hybridized carbons (Fsp3) is 0.227. The van der Waals surface area contributed by atoms with Crippen LogP contribution in [0.5, 0.6) is 0 Å². The van der Waals surface area contributed by atoms with Crippen molar-refractivity contribution in [2.45, 2.75) is 32.4 Å². The number of nitrogens with two attached hydrogens (primary N) is 1. The molecule has 0 bridgehead atoms. The van der Waals surface area contributed by atoms with Gasteiger partial charge in [-0.25, -0.2) is 14.1 Å². The van der Waals surface area contributed by atoms with Crippen molar-refractivity contribution >= 4 is 12.1 Å². The van der Waals surface area contributed by atoms with E-state index in [4.69, 9.17) is 5.73 Å². The molecule has 0 radical (unpaired) electrons. The van der Waals surface area contributed by atoms with Crippen LogP contribution in [0.15, 0.2) is 65.8 Å². The third-order valence-electron chi connectivity index (χ3n) is 4.52. The molecule has 0 saturated heterocycles. The number of allylic oxidation sites excluding steroid dienone is 5. The SMILES string of the molecule is Cc1cc(-c2ncn(\C=C(C(N)=O)/C3=C/C=C\CCC/C(F)=C\3)n2)cc(C(F)(F)F)c1. The maximum Gasteiger partial charge on any atom is 0.416 e. The number of halogens is 4. The summed E-state index contributed by atoms with van der Waals surface area (Å²) in [5, 5.41) is 4.14. The van der Waals surface area contributed by atoms with E-state index in [2.05, 4.69) is 10.1 Å². The number of alkyl halides is 3. The molecule has 2 N–H and O–H groups in total. The quantitative estimate of drug-likeness (QED) is 0.538. The average Bonchev–Trinajstić information content (AvgIpc) is 3.17. The summed E-state index contributed by atoms with van der Waals surface area (Å²) >= 11 is 0. The van der Waals surface area contributed by atoms with Gasteiger partial charge >= 0.3 is 6.18 Å². The number of amides is 1. The highest BCUT2D eigenvalue weighted by atomic mass is 19.4. The van der Waals surface area contributed by atoms with Gasteiger partial charge in [-0.05, 0) is 61.6 Å². The molecule has 0 spiro atoms. The van der Waals surface area contributed by atoms with Gasteiger partial charge in [-0.15, -0.1) is 5.10 Å². The Morgan fingerprint density at radius 1 is 1.26 bits per heavy atom. The van der Waals surface area contributed by atoms with Crippen LogP contribution in [-0.2, 0) is 11.0 Å². The molecule has 0 unspecified atom stereocenters. The predicted octanol–water partition coefficient (Wildman–Crippen LogP) is 5.12. The molecule has 1 heterocycles. The van der Waals surface area contributed by atoms with Gasteiger partial charge in [-0.1, -0.05) is 18.2 Å². The molecule has 2 aromatic rings. The molecule has 0 saturated carbocycles. The van der Waals surface area contributed by atoms with E-state index in [1.165, 1.54) is 24.7 Å². The van der Waals surface area contributed by atoms with Gasteiger partial charge in [0.15, 0.2) is 5.82 Å². The first-order valence-corrected chi connectivity index (χ1v) is 9.49. The van der Waals surface area contributed by atoms with E-state index in [-0.39, 0.29) is 34.8 Å². The van der Waals surface area contributed by atoms with Gasteiger partial charge in [-0.3, -0.25) is 4.79 Å². The Hall–Kier alpha value is -3.49. The molecule has 162 valence electrons. The Kier molecular flexibility index (Phi) is 6.53. The normalized spacial score (nSPS) is 20.0. The summed E-state index contributed by atoms with van der Waals surface area (Å²) in [7, 11) is 0. The maximum atomic E-state index is 14.1. The summed E-state index contributed by atoms with van der Waals surface area (Å²) in [5.74, 6) is -1.16. The lowest BCUT2D eigenvalue weighted by molar-refractivity contribution is -0.137. The molecule has 1 aromatic carbocycles. The van der Waals surface area contributed by atoms with Crippen LogP contribution in [0.3, 0.4) is 0 Å². The molecule has 1 aliphatic carbocycles. The number of rotatable bonds is 4. The Balaban J connectivity index is 2.00. The highest BCUT2D eigenvalue weighted by Crippen LogP contribution is 2.32. The second kappa shape index (κ2) is 9.11. The summed E-state index contributed by atoms with van der Waals surface area (Å²) in [5.41, 5.74) is 5.50. The lowest BCUT2D eigenvalue weighted by Crippen LogP contribution is -2.16. The highest BCUT2D eigenvalue weighted by molar-refractivity contribution is 6.00. The fourth-order valence-electron chi connectivity index (χ4n) is 3.07. The number of nitrogens with zero attached hydrogens (tertiary/aromatic N) is 3. The van der Waals surface area contributed by atoms with Crippen molar-refractivity contribution in [2.24, 2.45) is 5.73 Å². The smallest absolute Gasteiger partial charge is 0.366 e. The zero-order valence-corrected chi connectivity index (χ0v) is 16.7. The van der Waals surface area contributed by atoms with Gasteiger partial charge in [0.05, 0.1) is 11.1 Å². The van der Waals surface area contributed by atoms with E-state index in [1.807, 2.05) is 6.08 Å². The molecule has 1 amide bonds. The minimum Gasteiger partial charge on any atom is -0.366 e. The Bertz CT molecular complexity index is 1110. The first kappa shape index (κ1) is 22.2. The number of aromatic nitrogens is 3. The van der Waals surface area contributed by atoms with E-state index < -0.39 is 17.6 Å². The van der Waals surface area contributed by atoms with Crippen LogP contribution >= 0.6 is 0 Å². The van der Waals surface area contributed by atoms with Crippen molar-refractivity contribution in [3.05, 3.63) is 76.9 Å². The number of hydrogen-bond donors (Lipinski definition) is 1. The highest BCUT2D eigenvalue weighted by Gasteiger charge is 2.31. The van der Waals surface area contributed by atoms with Gasteiger partial charge in [-0.2, -0.15) is 13.2 Å². The van der Waals surface area contributed by atoms with E-state index in [1.54, 1.807) is 19.1 Å². The van der Waals surface area contributed by atoms with Crippen LogP contribution in [0, 0.1) is 6.92 Å². The molecule has 3 rings (SSSR count). The monoisotopic (exact) mass is 432 g/mol. The summed E-state index contributed by atoms with van der Waals surface area (Å²) in [4.78, 5) is 16.1. The molecular weight excluding hydrogens is 412 g/mol. The molecule has 1 aliphatic rings. The number of benzene rings is 1. The van der Waals surface area contributed by atoms with Gasteiger partial charge < -0.3 is 5.73 Å². The summed E-state index contributed by atoms with van der Waals surface area (Å²) in [6.45, 7) is 1.54. The van der Waals surface area contributed by atoms with Gasteiger partial charge in [0.25, 0.3) is 5.91 Å². The van der Waals surface area contributed by atoms with Crippen LogP contribution in [0.25, 0.3) is 17.6 Å². The lowest BCUT2D eigenvalue weighted by atomic mass is 10.0. The van der Waals surface area contributed by atoms with Gasteiger partial charge in [0.1, 0.15) is 12.2 Å². The standard InChI is InChI=1S/C22H20F4N4O/c1-14-8-16(10-17(9-14)22(24,25)26)21-28-13-30(29-21)12-19(20(27)31)15-6-4-2-3-5-7-18(23)11-15/h2,4,6,8-13H,3,5,7H2,1H3,(H2,27,31)/b4-2-,15-6+,18-11+,19-12+. The topological polar surface area (TPSA) is 73.8 Å². The Morgan fingerprint density at radius 3 is 2.74 bits per heavy atom. The molecule has 9 heteroatoms. The van der Waals surface area contributed by atoms with Crippen LogP contribution in [-0.4, -0.2) is 20.7 Å². The number of carbonyl (C=O) groups is 1. The number of aryl methyl sites for hydroxylation is 1. The van der Waals surface area contributed by atoms with Crippen molar-refractivity contribution in [3.63, 3.8) is 0 Å². The van der Waals surface area contributed by atoms with E-state index in [0.29, 0.717) is 18.4 Å². The van der Waals surface area contributed by atoms with Crippen molar-refractivity contribution in [1.82, 2.24) is 14.8 Å². The average molecular weight is 432 g/mol. The van der Waals surface area contributed by atoms with Crippen LogP contribution < -0.4 is 5.73 Å². The van der Waals surface area contributed by atoms with Gasteiger partial charge in [0.2, 0.25) is 0 Å². The summed E-state index contributed by atoms with van der Waals surface area (Å²) in [6.07, 6.45) is 5.93. The first-order valence-electron chi connectivity index (χ1n) is 9.49. The number of hydrogen-bond acceptors (Lipinski definition) is 3. The van der Waals surface area contributed by atoms with E-state index in [9.17, 15) is 22.4 Å².